The molecular formula is C28H39F3N3O2S+. The summed E-state index contributed by atoms with van der Waals surface area (Å²) in [6, 6.07) is 2.96. The fraction of sp³-hybridized carbons (Fsp3) is 0.429. The molecule has 0 saturated carbocycles. The number of ketones is 1. The molecule has 0 unspecified atom stereocenters. The molecule has 0 aliphatic carbocycles. The smallest absolute Gasteiger partial charge is 0.294 e. The van der Waals surface area contributed by atoms with Gasteiger partial charge in [-0.2, -0.15) is 8.78 Å². The standard InChI is InChI=1S/C26H33F3N3O2S.C2H6/c1-6-8-11-20(15-16-30-19(4)35-5)17-24(33)18(3)25(29)23(14-9-7-2)31-32(34)26-21(27)12-10-13-22(26)28;1-2/h10-16H,6-9,17H2,1-5H3,(H,31,34);1-2H3/q+1;/b16-15-,20-11-,23-14+,25-18-,30-19?;. The first-order valence-corrected chi connectivity index (χ1v) is 13.6. The van der Waals surface area contributed by atoms with Gasteiger partial charge in [0.15, 0.2) is 16.5 Å². The van der Waals surface area contributed by atoms with E-state index >= 15 is 4.39 Å². The van der Waals surface area contributed by atoms with Gasteiger partial charge in [0, 0.05) is 18.2 Å². The number of benzene rings is 1. The van der Waals surface area contributed by atoms with Crippen LogP contribution in [0.3, 0.4) is 0 Å². The van der Waals surface area contributed by atoms with E-state index in [9.17, 15) is 18.5 Å². The van der Waals surface area contributed by atoms with Crippen molar-refractivity contribution < 1.29 is 22.8 Å². The minimum Gasteiger partial charge on any atom is -0.294 e. The number of Topliss-reactive ketones (excluding diaryl/α,β-unsaturated/α-hetero) is 1. The molecule has 0 aromatic heterocycles. The molecule has 0 bridgehead atoms. The first-order valence-electron chi connectivity index (χ1n) is 12.4. The predicted molar refractivity (Wildman–Crippen MR) is 149 cm³/mol. The molecule has 0 saturated heterocycles. The Hall–Kier alpha value is -2.94. The lowest BCUT2D eigenvalue weighted by molar-refractivity contribution is -0.523. The summed E-state index contributed by atoms with van der Waals surface area (Å²) in [5.41, 5.74) is 1.40. The van der Waals surface area contributed by atoms with Crippen molar-refractivity contribution in [3.05, 3.63) is 81.8 Å². The maximum absolute atomic E-state index is 15.3. The zero-order valence-corrected chi connectivity index (χ0v) is 23.6. The van der Waals surface area contributed by atoms with Crippen LogP contribution in [0.2, 0.25) is 0 Å². The topological polar surface area (TPSA) is 61.5 Å². The number of hydrogen-bond donors (Lipinski definition) is 1. The number of halogens is 3. The Morgan fingerprint density at radius 1 is 1.08 bits per heavy atom. The third-order valence-corrected chi connectivity index (χ3v) is 5.58. The molecule has 0 heterocycles. The number of carbonyl (C=O) groups excluding carboxylic acids is 1. The zero-order chi connectivity index (χ0) is 28.4. The van der Waals surface area contributed by atoms with Gasteiger partial charge in [-0.3, -0.25) is 9.79 Å². The van der Waals surface area contributed by atoms with E-state index in [1.807, 2.05) is 47.0 Å². The Kier molecular flexibility index (Phi) is 17.7. The van der Waals surface area contributed by atoms with E-state index in [1.165, 1.54) is 24.8 Å². The summed E-state index contributed by atoms with van der Waals surface area (Å²) in [5, 5.41) is 0.856. The van der Waals surface area contributed by atoms with Crippen molar-refractivity contribution in [1.29, 1.82) is 0 Å². The molecule has 1 aromatic rings. The second-order valence-electron chi connectivity index (χ2n) is 7.66. The lowest BCUT2D eigenvalue weighted by Crippen LogP contribution is -2.25. The van der Waals surface area contributed by atoms with Crippen molar-refractivity contribution in [2.24, 2.45) is 4.99 Å². The van der Waals surface area contributed by atoms with Crippen LogP contribution >= 0.6 is 11.8 Å². The first-order chi connectivity index (χ1) is 17.7. The number of thioether (sulfide) groups is 1. The van der Waals surface area contributed by atoms with Crippen LogP contribution in [-0.2, 0) is 4.79 Å². The van der Waals surface area contributed by atoms with Crippen LogP contribution in [0.25, 0.3) is 0 Å². The lowest BCUT2D eigenvalue weighted by atomic mass is 10.0. The van der Waals surface area contributed by atoms with Gasteiger partial charge in [-0.25, -0.2) is 4.39 Å². The van der Waals surface area contributed by atoms with Crippen LogP contribution in [0.1, 0.15) is 73.6 Å². The van der Waals surface area contributed by atoms with E-state index in [0.717, 1.165) is 36.1 Å². The molecule has 204 valence electrons. The Bertz CT molecular complexity index is 1040. The predicted octanol–water partition coefficient (Wildman–Crippen LogP) is 8.81. The van der Waals surface area contributed by atoms with Gasteiger partial charge in [0.2, 0.25) is 11.6 Å². The number of hydrogen-bond acceptors (Lipinski definition) is 4. The molecule has 1 rings (SSSR count). The van der Waals surface area contributed by atoms with E-state index in [4.69, 9.17) is 0 Å². The number of nitrogens with zero attached hydrogens (tertiary/aromatic N) is 2. The molecule has 0 atom stereocenters. The number of nitroso groups, excluding NO2 is 1. The Labute approximate surface area is 223 Å². The number of para-hydroxylation sites is 1. The minimum absolute atomic E-state index is 0.0618. The molecule has 0 aliphatic rings. The van der Waals surface area contributed by atoms with E-state index in [-0.39, 0.29) is 22.6 Å². The van der Waals surface area contributed by atoms with Gasteiger partial charge in [0.25, 0.3) is 0 Å². The number of nitrogens with one attached hydrogen (secondary N) is 1. The Morgan fingerprint density at radius 3 is 2.19 bits per heavy atom. The van der Waals surface area contributed by atoms with Gasteiger partial charge in [-0.15, -0.1) is 17.2 Å². The number of hydrazine groups is 1. The lowest BCUT2D eigenvalue weighted by Gasteiger charge is -2.08. The summed E-state index contributed by atoms with van der Waals surface area (Å²) in [6.07, 6.45) is 11.1. The number of carbonyl (C=O) groups is 1. The summed E-state index contributed by atoms with van der Waals surface area (Å²) in [5.74, 6) is -3.65. The Balaban J connectivity index is 0.00000631. The molecule has 9 heteroatoms. The van der Waals surface area contributed by atoms with Crippen molar-refractivity contribution in [3.63, 3.8) is 0 Å². The van der Waals surface area contributed by atoms with Crippen molar-refractivity contribution in [2.75, 3.05) is 6.26 Å². The van der Waals surface area contributed by atoms with Gasteiger partial charge >= 0.3 is 5.69 Å². The maximum atomic E-state index is 15.3. The van der Waals surface area contributed by atoms with Crippen LogP contribution in [0.4, 0.5) is 18.9 Å². The molecule has 37 heavy (non-hydrogen) atoms. The SMILES string of the molecule is CC.CCC/C=C(/C=C\N=C(C)SC)CC(=O)/C(C)=C(F)/C(=C\CCC)N[N+](=O)c1c(F)cccc1F. The fourth-order valence-corrected chi connectivity index (χ4v) is 2.95. The fourth-order valence-electron chi connectivity index (χ4n) is 2.78. The number of rotatable bonds is 13. The summed E-state index contributed by atoms with van der Waals surface area (Å²) in [7, 11) is 0. The van der Waals surface area contributed by atoms with Crippen molar-refractivity contribution in [3.8, 4) is 0 Å². The van der Waals surface area contributed by atoms with Crippen LogP contribution in [0, 0.1) is 16.5 Å². The first kappa shape index (κ1) is 34.1. The molecule has 0 amide bonds. The third kappa shape index (κ3) is 12.2. The third-order valence-electron chi connectivity index (χ3n) is 4.88. The van der Waals surface area contributed by atoms with Crippen LogP contribution < -0.4 is 5.43 Å². The average molecular weight is 539 g/mol. The maximum Gasteiger partial charge on any atom is 0.362 e. The molecule has 0 aliphatic heterocycles. The number of aliphatic imine (C=N–C) groups is 1. The highest BCUT2D eigenvalue weighted by Gasteiger charge is 2.28. The molecule has 0 radical (unpaired) electrons. The highest BCUT2D eigenvalue weighted by Crippen LogP contribution is 2.24. The quantitative estimate of drug-likeness (QED) is 0.0681. The van der Waals surface area contributed by atoms with Gasteiger partial charge in [-0.05, 0) is 56.7 Å². The minimum atomic E-state index is -1.10. The molecule has 0 fully saturated rings. The van der Waals surface area contributed by atoms with E-state index < -0.39 is 28.9 Å². The average Bonchev–Trinajstić information content (AvgIpc) is 2.89. The highest BCUT2D eigenvalue weighted by molar-refractivity contribution is 8.13. The summed E-state index contributed by atoms with van der Waals surface area (Å²) in [4.78, 5) is 29.4. The molecule has 0 spiro atoms. The van der Waals surface area contributed by atoms with Gasteiger partial charge < -0.3 is 0 Å². The Morgan fingerprint density at radius 2 is 1.65 bits per heavy atom. The molecule has 5 nitrogen and oxygen atoms in total. The largest absolute Gasteiger partial charge is 0.362 e. The van der Waals surface area contributed by atoms with Crippen molar-refractivity contribution >= 4 is 28.3 Å². The summed E-state index contributed by atoms with van der Waals surface area (Å²) < 4.78 is 43.3. The normalized spacial score (nSPS) is 13.2. The molecule has 1 aromatic carbocycles. The molecule has 1 N–H and O–H groups in total. The van der Waals surface area contributed by atoms with Gasteiger partial charge in [0.05, 0.1) is 9.95 Å². The highest BCUT2D eigenvalue weighted by atomic mass is 32.2. The van der Waals surface area contributed by atoms with E-state index in [0.29, 0.717) is 18.4 Å². The number of unbranched alkanes of at least 4 members (excludes halogenated alkanes) is 2. The molecular weight excluding hydrogens is 499 g/mol. The second-order valence-corrected chi connectivity index (χ2v) is 8.66. The van der Waals surface area contributed by atoms with E-state index in [2.05, 4.69) is 10.4 Å². The summed E-state index contributed by atoms with van der Waals surface area (Å²) >= 11 is 1.50. The van der Waals surface area contributed by atoms with Crippen molar-refractivity contribution in [1.82, 2.24) is 5.43 Å². The zero-order valence-electron chi connectivity index (χ0n) is 22.8. The van der Waals surface area contributed by atoms with Crippen LogP contribution in [0.15, 0.2) is 70.3 Å². The number of allylic oxidation sites excluding steroid dienone is 6. The second kappa shape index (κ2) is 19.2. The summed E-state index contributed by atoms with van der Waals surface area (Å²) in [6.45, 7) is 11.0. The van der Waals surface area contributed by atoms with Crippen LogP contribution in [-0.4, -0.2) is 22.0 Å². The van der Waals surface area contributed by atoms with E-state index in [1.54, 1.807) is 12.3 Å². The van der Waals surface area contributed by atoms with Crippen molar-refractivity contribution in [2.45, 2.75) is 73.6 Å². The van der Waals surface area contributed by atoms with Crippen LogP contribution in [0.5, 0.6) is 0 Å². The van der Waals surface area contributed by atoms with Gasteiger partial charge in [0.1, 0.15) is 5.70 Å². The van der Waals surface area contributed by atoms with Gasteiger partial charge in [-0.1, -0.05) is 58.8 Å². The monoisotopic (exact) mass is 538 g/mol.